The zero-order chi connectivity index (χ0) is 87.4. The summed E-state index contributed by atoms with van der Waals surface area (Å²) in [5, 5.41) is 44.6. The van der Waals surface area contributed by atoms with E-state index in [1.807, 2.05) is 90.1 Å². The molecule has 2 aromatic heterocycles. The molecule has 4 saturated heterocycles. The van der Waals surface area contributed by atoms with Crippen LogP contribution in [0.3, 0.4) is 0 Å². The van der Waals surface area contributed by atoms with Gasteiger partial charge in [0.05, 0.1) is 112 Å². The number of hydrogen-bond acceptors (Lipinski definition) is 22. The molecule has 122 heavy (non-hydrogen) atoms. The Hall–Kier alpha value is -7.06. The van der Waals surface area contributed by atoms with Crippen LogP contribution in [0.25, 0.3) is 0 Å². The maximum Gasteiger partial charge on any atom is 0.337 e. The van der Waals surface area contributed by atoms with E-state index in [1.54, 1.807) is 46.9 Å². The fourth-order valence-corrected chi connectivity index (χ4v) is 26.1. The van der Waals surface area contributed by atoms with Gasteiger partial charge in [-0.1, -0.05) is 92.5 Å². The van der Waals surface area contributed by atoms with E-state index >= 15 is 0 Å². The fourth-order valence-electron chi connectivity index (χ4n) is 19.7. The summed E-state index contributed by atoms with van der Waals surface area (Å²) in [7, 11) is -5.00. The molecule has 4 aliphatic heterocycles. The molecule has 4 N–H and O–H groups in total. The van der Waals surface area contributed by atoms with E-state index in [1.165, 1.54) is 56.8 Å². The number of esters is 2. The van der Waals surface area contributed by atoms with Gasteiger partial charge in [-0.15, -0.1) is 22.7 Å². The minimum atomic E-state index is -4.01. The van der Waals surface area contributed by atoms with Crippen molar-refractivity contribution in [3.63, 3.8) is 0 Å². The Morgan fingerprint density at radius 3 is 1.20 bits per heavy atom. The summed E-state index contributed by atoms with van der Waals surface area (Å²) in [4.78, 5) is 57.3. The highest BCUT2D eigenvalue weighted by Gasteiger charge is 2.55. The van der Waals surface area contributed by atoms with Gasteiger partial charge in [0.25, 0.3) is 0 Å². The maximum absolute atomic E-state index is 14.0. The first-order valence-electron chi connectivity index (χ1n) is 43.7. The van der Waals surface area contributed by atoms with E-state index in [0.717, 1.165) is 109 Å². The number of methoxy groups -OCH3 is 2. The van der Waals surface area contributed by atoms with Gasteiger partial charge in [0.15, 0.2) is 11.6 Å². The SMILES string of the molecule is COc1ccc(S(=O)(=O)N(CC(C)C)C[C@@H](O)[C@@H](CC(=O)O[C@H]2CO[C@@]3(C)OCC[C@@H]23)Cc2ccc(OCC3CCCC3c3sc4c(c3C(=O)O)CC(C)(C)CC4)cc2)cc1.COc1ccc(S(=O)(=O)N(CC(C)C)C[C@@H](O)[C@@H](CC(=O)O[C@H]2CO[C@@]3(C)OCC[C@@H]23)Cc2ccc(OCC3CCCC3c3sc4c(c3C(=O)O)CC(C)(C)CC4)cc2)cc1. The summed E-state index contributed by atoms with van der Waals surface area (Å²) < 4.78 is 117. The molecule has 4 aliphatic carbocycles. The number of aryl methyl sites for hydroxylation is 2. The highest BCUT2D eigenvalue weighted by atomic mass is 32.2. The van der Waals surface area contributed by atoms with Gasteiger partial charge in [-0.3, -0.25) is 9.59 Å². The number of aliphatic hydroxyl groups is 2. The molecule has 0 radical (unpaired) electrons. The third kappa shape index (κ3) is 21.8. The first-order chi connectivity index (χ1) is 57.9. The highest BCUT2D eigenvalue weighted by molar-refractivity contribution is 7.89. The van der Waals surface area contributed by atoms with Gasteiger partial charge in [-0.25, -0.2) is 26.4 Å². The van der Waals surface area contributed by atoms with Crippen LogP contribution in [0, 0.1) is 58.2 Å². The van der Waals surface area contributed by atoms with Crippen molar-refractivity contribution in [2.45, 2.75) is 242 Å². The molecule has 668 valence electrons. The normalized spacial score (nSPS) is 25.6. The third-order valence-electron chi connectivity index (χ3n) is 26.6. The molecule has 6 fully saturated rings. The van der Waals surface area contributed by atoms with Gasteiger partial charge < -0.3 is 67.8 Å². The van der Waals surface area contributed by atoms with E-state index in [2.05, 4.69) is 27.7 Å². The number of carbonyl (C=O) groups is 4. The Bertz CT molecular complexity index is 4530. The van der Waals surface area contributed by atoms with E-state index in [4.69, 9.17) is 47.4 Å². The minimum Gasteiger partial charge on any atom is -0.497 e. The Kier molecular flexibility index (Phi) is 29.6. The lowest BCUT2D eigenvalue weighted by Crippen LogP contribution is -2.43. The number of aliphatic hydroxyl groups excluding tert-OH is 2. The van der Waals surface area contributed by atoms with Gasteiger partial charge in [-0.05, 0) is 221 Å². The Balaban J connectivity index is 0.000000210. The molecule has 14 atom stereocenters. The number of nitrogens with zero attached hydrogens (tertiary/aromatic N) is 2. The summed E-state index contributed by atoms with van der Waals surface area (Å²) in [5.41, 5.74) is 5.00. The predicted octanol–water partition coefficient (Wildman–Crippen LogP) is 15.8. The second kappa shape index (κ2) is 39.0. The number of ether oxygens (including phenoxy) is 10. The van der Waals surface area contributed by atoms with Crippen LogP contribution in [-0.2, 0) is 96.6 Å². The summed E-state index contributed by atoms with van der Waals surface area (Å²) >= 11 is 3.41. The lowest BCUT2D eigenvalue weighted by Gasteiger charge is -2.30. The van der Waals surface area contributed by atoms with Crippen LogP contribution < -0.4 is 18.9 Å². The number of aromatic carboxylic acids is 2. The topological polar surface area (TPSA) is 316 Å². The number of carboxylic acids is 2. The summed E-state index contributed by atoms with van der Waals surface area (Å²) in [6.07, 6.45) is 9.77. The van der Waals surface area contributed by atoms with Gasteiger partial charge in [-0.2, -0.15) is 8.61 Å². The smallest absolute Gasteiger partial charge is 0.337 e. The summed E-state index contributed by atoms with van der Waals surface area (Å²) in [5.74, 6) is -2.77. The number of benzene rings is 4. The standard InChI is InChI=1S/2C47H63NO11S2/c2*1-29(2)25-48(61(53,54)35-16-14-33(55-6)15-17-35)26-39(49)32(23-42(50)59-40-28-58-47(5)38(40)19-21-57-47)22-30-10-12-34(13-11-30)56-27-31-8-7-9-36(31)44-43(45(51)52)37-24-46(3,4)20-18-41(37)60-44/h2*10-17,29,31-32,36,38-40,49H,7-9,18-28H2,1-6H3,(H,51,52)/t2*31?,32-,36?,38+,39-,40+,47-/m11/s1. The number of fused-ring (bicyclic) bond motifs is 4. The minimum absolute atomic E-state index is 0.0386. The van der Waals surface area contributed by atoms with Crippen LogP contribution >= 0.6 is 22.7 Å². The monoisotopic (exact) mass is 1760 g/mol. The van der Waals surface area contributed by atoms with Crippen LogP contribution in [0.5, 0.6) is 23.0 Å². The molecule has 4 unspecified atom stereocenters. The predicted molar refractivity (Wildman–Crippen MR) is 464 cm³/mol. The largest absolute Gasteiger partial charge is 0.497 e. The van der Waals surface area contributed by atoms with E-state index in [-0.39, 0.29) is 133 Å². The van der Waals surface area contributed by atoms with Crippen molar-refractivity contribution in [1.29, 1.82) is 0 Å². The highest BCUT2D eigenvalue weighted by Crippen LogP contribution is 2.53. The van der Waals surface area contributed by atoms with Crippen molar-refractivity contribution >= 4 is 66.6 Å². The number of carboxylic acid groups (broad SMARTS) is 2. The first-order valence-corrected chi connectivity index (χ1v) is 48.2. The molecule has 2 saturated carbocycles. The lowest BCUT2D eigenvalue weighted by atomic mass is 9.75. The van der Waals surface area contributed by atoms with Crippen molar-refractivity contribution in [1.82, 2.24) is 8.61 Å². The number of carbonyl (C=O) groups excluding carboxylic acids is 2. The molecule has 14 rings (SSSR count). The van der Waals surface area contributed by atoms with Crippen molar-refractivity contribution in [3.8, 4) is 23.0 Å². The zero-order valence-electron chi connectivity index (χ0n) is 72.8. The van der Waals surface area contributed by atoms with Crippen LogP contribution in [0.4, 0.5) is 0 Å². The number of hydrogen-bond donors (Lipinski definition) is 4. The second-order valence-corrected chi connectivity index (χ2v) is 43.9. The molecule has 0 amide bonds. The molecular weight excluding hydrogens is 1640 g/mol. The lowest BCUT2D eigenvalue weighted by molar-refractivity contribution is -0.182. The van der Waals surface area contributed by atoms with Crippen molar-refractivity contribution in [3.05, 3.63) is 150 Å². The first kappa shape index (κ1) is 92.6. The molecule has 8 aliphatic rings. The van der Waals surface area contributed by atoms with E-state index in [9.17, 15) is 56.4 Å². The number of rotatable bonds is 36. The van der Waals surface area contributed by atoms with Crippen LogP contribution in [0.2, 0.25) is 0 Å². The molecular formula is C94H126N2O22S4. The fraction of sp³-hybridized carbons (Fsp3) is 0.617. The molecule has 0 spiro atoms. The van der Waals surface area contributed by atoms with Gasteiger partial charge >= 0.3 is 23.9 Å². The van der Waals surface area contributed by atoms with Crippen LogP contribution in [0.15, 0.2) is 107 Å². The van der Waals surface area contributed by atoms with Gasteiger partial charge in [0.2, 0.25) is 20.0 Å². The molecule has 6 heterocycles. The number of sulfonamides is 2. The van der Waals surface area contributed by atoms with Crippen molar-refractivity contribution in [2.24, 2.45) is 58.2 Å². The van der Waals surface area contributed by atoms with Gasteiger partial charge in [0, 0.05) is 81.2 Å². The number of thiophene rings is 2. The third-order valence-corrected chi connectivity index (χ3v) is 33.1. The van der Waals surface area contributed by atoms with Crippen LogP contribution in [0.1, 0.15) is 221 Å². The molecule has 6 aromatic rings. The van der Waals surface area contributed by atoms with Crippen molar-refractivity contribution in [2.75, 3.05) is 80.0 Å². The van der Waals surface area contributed by atoms with Crippen LogP contribution in [-0.4, -0.2) is 186 Å². The Morgan fingerprint density at radius 2 is 0.852 bits per heavy atom. The maximum atomic E-state index is 14.0. The average Bonchev–Trinajstić information content (AvgIpc) is 1.61. The second-order valence-electron chi connectivity index (χ2n) is 37.7. The average molecular weight is 1760 g/mol. The van der Waals surface area contributed by atoms with Gasteiger partial charge in [0.1, 0.15) is 35.2 Å². The summed E-state index contributed by atoms with van der Waals surface area (Å²) in [6.45, 7) is 22.6. The molecule has 4 aromatic carbocycles. The Morgan fingerprint density at radius 1 is 0.492 bits per heavy atom. The van der Waals surface area contributed by atoms with Crippen molar-refractivity contribution < 1.29 is 104 Å². The molecule has 28 heteroatoms. The van der Waals surface area contributed by atoms with E-state index < -0.39 is 91.7 Å². The van der Waals surface area contributed by atoms with E-state index in [0.29, 0.717) is 73.4 Å². The quantitative estimate of drug-likeness (QED) is 0.0266. The molecule has 24 nitrogen and oxygen atoms in total. The molecule has 0 bridgehead atoms. The Labute approximate surface area is 728 Å². The zero-order valence-corrected chi connectivity index (χ0v) is 76.1. The summed E-state index contributed by atoms with van der Waals surface area (Å²) in [6, 6.07) is 27.5.